The van der Waals surface area contributed by atoms with Gasteiger partial charge < -0.3 is 4.18 Å². The molecule has 0 atom stereocenters. The first-order valence-corrected chi connectivity index (χ1v) is 13.1. The van der Waals surface area contributed by atoms with Gasteiger partial charge in [-0.1, -0.05) is 36.0 Å². The van der Waals surface area contributed by atoms with Gasteiger partial charge in [0.1, 0.15) is 4.90 Å². The Hall–Kier alpha value is -3.81. The van der Waals surface area contributed by atoms with E-state index < -0.39 is 15.0 Å². The Morgan fingerprint density at radius 2 is 1.83 bits per heavy atom. The van der Waals surface area contributed by atoms with Gasteiger partial charge in [-0.2, -0.15) is 13.5 Å². The Kier molecular flexibility index (Phi) is 7.39. The predicted molar refractivity (Wildman–Crippen MR) is 133 cm³/mol. The van der Waals surface area contributed by atoms with Gasteiger partial charge in [-0.25, -0.2) is 10.4 Å². The highest BCUT2D eigenvalue weighted by atomic mass is 32.2. The zero-order valence-electron chi connectivity index (χ0n) is 17.7. The van der Waals surface area contributed by atoms with Gasteiger partial charge in [-0.15, -0.1) is 11.3 Å². The van der Waals surface area contributed by atoms with Crippen molar-refractivity contribution in [3.8, 4) is 5.75 Å². The van der Waals surface area contributed by atoms with Gasteiger partial charge in [-0.3, -0.25) is 14.9 Å². The lowest BCUT2D eigenvalue weighted by Gasteiger charge is -2.09. The van der Waals surface area contributed by atoms with E-state index in [-0.39, 0.29) is 28.0 Å². The van der Waals surface area contributed by atoms with Gasteiger partial charge >= 0.3 is 10.1 Å². The van der Waals surface area contributed by atoms with E-state index in [1.54, 1.807) is 18.2 Å². The molecule has 0 radical (unpaired) electrons. The van der Waals surface area contributed by atoms with E-state index in [0.29, 0.717) is 5.56 Å². The van der Waals surface area contributed by atoms with E-state index >= 15 is 0 Å². The third-order valence-electron chi connectivity index (χ3n) is 4.45. The second-order valence-corrected chi connectivity index (χ2v) is 10.7. The van der Waals surface area contributed by atoms with Crippen molar-refractivity contribution in [3.63, 3.8) is 0 Å². The van der Waals surface area contributed by atoms with Crippen LogP contribution in [0.1, 0.15) is 5.56 Å². The summed E-state index contributed by atoms with van der Waals surface area (Å²) >= 11 is 2.78. The normalized spacial score (nSPS) is 11.5. The minimum Gasteiger partial charge on any atom is -0.378 e. The van der Waals surface area contributed by atoms with Gasteiger partial charge in [-0.05, 0) is 36.4 Å². The number of para-hydroxylation sites is 2. The standard InChI is InChI=1S/C22H16N4O6S3/c27-21(14-33-22-24-18-6-2-4-8-20(18)34-22)25-23-13-15-5-1-3-7-19(15)32-35(30,31)17-11-9-16(10-12-17)26(28)29/h1-13H,14H2,(H,25,27). The number of hydrazone groups is 1. The lowest BCUT2D eigenvalue weighted by molar-refractivity contribution is -0.384. The number of nitrogens with zero attached hydrogens (tertiary/aromatic N) is 3. The third-order valence-corrected chi connectivity index (χ3v) is 7.88. The topological polar surface area (TPSA) is 141 Å². The van der Waals surface area contributed by atoms with Crippen LogP contribution < -0.4 is 9.61 Å². The number of thioether (sulfide) groups is 1. The number of benzene rings is 3. The van der Waals surface area contributed by atoms with E-state index in [1.807, 2.05) is 24.3 Å². The number of hydrogen-bond donors (Lipinski definition) is 1. The second kappa shape index (κ2) is 10.6. The number of fused-ring (bicyclic) bond motifs is 1. The van der Waals surface area contributed by atoms with Gasteiger partial charge in [0.05, 0.1) is 27.1 Å². The van der Waals surface area contributed by atoms with E-state index in [4.69, 9.17) is 4.18 Å². The molecule has 1 amide bonds. The smallest absolute Gasteiger partial charge is 0.339 e. The maximum absolute atomic E-state index is 12.6. The molecule has 0 bridgehead atoms. The lowest BCUT2D eigenvalue weighted by Crippen LogP contribution is -2.19. The molecular weight excluding hydrogens is 512 g/mol. The lowest BCUT2D eigenvalue weighted by atomic mass is 10.2. The van der Waals surface area contributed by atoms with Crippen molar-refractivity contribution >= 4 is 61.2 Å². The van der Waals surface area contributed by atoms with Crippen LogP contribution in [0.5, 0.6) is 5.75 Å². The summed E-state index contributed by atoms with van der Waals surface area (Å²) in [4.78, 5) is 26.5. The molecule has 0 fully saturated rings. The number of nitrogens with one attached hydrogen (secondary N) is 1. The van der Waals surface area contributed by atoms with Crippen LogP contribution in [-0.2, 0) is 14.9 Å². The summed E-state index contributed by atoms with van der Waals surface area (Å²) in [5.74, 6) is -0.279. The number of non-ortho nitro benzene ring substituents is 1. The summed E-state index contributed by atoms with van der Waals surface area (Å²) in [5.41, 5.74) is 3.33. The zero-order chi connectivity index (χ0) is 24.8. The van der Waals surface area contributed by atoms with Crippen molar-refractivity contribution in [3.05, 3.63) is 88.5 Å². The minimum atomic E-state index is -4.25. The third kappa shape index (κ3) is 6.20. The number of aromatic nitrogens is 1. The zero-order valence-corrected chi connectivity index (χ0v) is 20.2. The largest absolute Gasteiger partial charge is 0.378 e. The minimum absolute atomic E-state index is 0.0206. The number of carbonyl (C=O) groups is 1. The molecule has 4 aromatic rings. The quantitative estimate of drug-likeness (QED) is 0.112. The number of rotatable bonds is 9. The molecule has 10 nitrogen and oxygen atoms in total. The Bertz CT molecular complexity index is 1480. The highest BCUT2D eigenvalue weighted by Crippen LogP contribution is 2.29. The number of nitro groups is 1. The molecule has 0 saturated carbocycles. The Balaban J connectivity index is 1.37. The summed E-state index contributed by atoms with van der Waals surface area (Å²) < 4.78 is 32.2. The number of carbonyl (C=O) groups excluding carboxylic acids is 1. The monoisotopic (exact) mass is 528 g/mol. The molecular formula is C22H16N4O6S3. The number of hydrogen-bond acceptors (Lipinski definition) is 10. The number of nitro benzene ring substituents is 1. The molecule has 1 N–H and O–H groups in total. The average Bonchev–Trinajstić information content (AvgIpc) is 3.27. The van der Waals surface area contributed by atoms with Crippen LogP contribution in [-0.4, -0.2) is 36.2 Å². The van der Waals surface area contributed by atoms with Crippen LogP contribution in [0.3, 0.4) is 0 Å². The van der Waals surface area contributed by atoms with Crippen molar-refractivity contribution in [1.82, 2.24) is 10.4 Å². The fraction of sp³-hybridized carbons (Fsp3) is 0.0455. The molecule has 0 spiro atoms. The molecule has 1 heterocycles. The van der Waals surface area contributed by atoms with Crippen LogP contribution in [0, 0.1) is 10.1 Å². The summed E-state index contributed by atoms with van der Waals surface area (Å²) in [6.07, 6.45) is 1.26. The van der Waals surface area contributed by atoms with Gasteiger partial charge in [0.15, 0.2) is 10.1 Å². The summed E-state index contributed by atoms with van der Waals surface area (Å²) in [6.45, 7) is 0. The Morgan fingerprint density at radius 1 is 1.11 bits per heavy atom. The van der Waals surface area contributed by atoms with Gasteiger partial charge in [0.2, 0.25) is 0 Å². The van der Waals surface area contributed by atoms with Gasteiger partial charge in [0.25, 0.3) is 11.6 Å². The highest BCUT2D eigenvalue weighted by molar-refractivity contribution is 8.01. The molecule has 13 heteroatoms. The summed E-state index contributed by atoms with van der Waals surface area (Å²) in [6, 6.07) is 18.2. The SMILES string of the molecule is O=C(CSc1nc2ccccc2s1)NN=Cc1ccccc1OS(=O)(=O)c1ccc([N+](=O)[O-])cc1. The first-order chi connectivity index (χ1) is 16.8. The second-order valence-electron chi connectivity index (χ2n) is 6.86. The molecule has 178 valence electrons. The van der Waals surface area contributed by atoms with Crippen molar-refractivity contribution in [2.45, 2.75) is 9.24 Å². The molecule has 4 rings (SSSR count). The van der Waals surface area contributed by atoms with Crippen molar-refractivity contribution in [2.75, 3.05) is 5.75 Å². The highest BCUT2D eigenvalue weighted by Gasteiger charge is 2.19. The Morgan fingerprint density at radius 3 is 2.57 bits per heavy atom. The predicted octanol–water partition coefficient (Wildman–Crippen LogP) is 4.21. The van der Waals surface area contributed by atoms with Crippen molar-refractivity contribution in [1.29, 1.82) is 0 Å². The van der Waals surface area contributed by atoms with Crippen LogP contribution in [0.15, 0.2) is 87.1 Å². The van der Waals surface area contributed by atoms with Crippen LogP contribution in [0.25, 0.3) is 10.2 Å². The van der Waals surface area contributed by atoms with Crippen LogP contribution >= 0.6 is 23.1 Å². The fourth-order valence-electron chi connectivity index (χ4n) is 2.81. The van der Waals surface area contributed by atoms with E-state index in [9.17, 15) is 23.3 Å². The van der Waals surface area contributed by atoms with Crippen molar-refractivity contribution < 1.29 is 22.3 Å². The number of amides is 1. The molecule has 0 unspecified atom stereocenters. The molecule has 1 aromatic heterocycles. The van der Waals surface area contributed by atoms with Crippen LogP contribution in [0.2, 0.25) is 0 Å². The first kappa shape index (κ1) is 24.3. The first-order valence-electron chi connectivity index (χ1n) is 9.90. The average molecular weight is 529 g/mol. The van der Waals surface area contributed by atoms with E-state index in [2.05, 4.69) is 15.5 Å². The summed E-state index contributed by atoms with van der Waals surface area (Å²) in [5, 5.41) is 14.7. The maximum atomic E-state index is 12.6. The molecule has 0 saturated heterocycles. The van der Waals surface area contributed by atoms with Crippen molar-refractivity contribution in [2.24, 2.45) is 5.10 Å². The molecule has 3 aromatic carbocycles. The molecule has 0 aliphatic rings. The van der Waals surface area contributed by atoms with E-state index in [1.165, 1.54) is 35.4 Å². The fourth-order valence-corrected chi connectivity index (χ4v) is 5.62. The van der Waals surface area contributed by atoms with Crippen LogP contribution in [0.4, 0.5) is 5.69 Å². The Labute approximate surface area is 207 Å². The van der Waals surface area contributed by atoms with Gasteiger partial charge in [0, 0.05) is 17.7 Å². The maximum Gasteiger partial charge on any atom is 0.339 e. The molecule has 0 aliphatic heterocycles. The molecule has 35 heavy (non-hydrogen) atoms. The summed E-state index contributed by atoms with van der Waals surface area (Å²) in [7, 11) is -4.25. The van der Waals surface area contributed by atoms with E-state index in [0.717, 1.165) is 38.8 Å². The number of thiazole rings is 1. The molecule has 0 aliphatic carbocycles.